The summed E-state index contributed by atoms with van der Waals surface area (Å²) in [6.45, 7) is 4.63. The average Bonchev–Trinajstić information content (AvgIpc) is 3.65. The van der Waals surface area contributed by atoms with E-state index < -0.39 is 0 Å². The van der Waals surface area contributed by atoms with E-state index in [-0.39, 0.29) is 0 Å². The highest BCUT2D eigenvalue weighted by molar-refractivity contribution is 5.89. The van der Waals surface area contributed by atoms with Crippen molar-refractivity contribution in [2.45, 2.75) is 52.1 Å². The fraction of sp³-hybridized carbons (Fsp3) is 0.286. The predicted octanol–water partition coefficient (Wildman–Crippen LogP) is 5.51. The van der Waals surface area contributed by atoms with E-state index in [4.69, 9.17) is 21.5 Å². The van der Waals surface area contributed by atoms with E-state index in [9.17, 15) is 5.26 Å². The van der Waals surface area contributed by atoms with Gasteiger partial charge in [-0.05, 0) is 67.5 Å². The Morgan fingerprint density at radius 2 is 1.71 bits per heavy atom. The molecular formula is C28H29N5O. The third kappa shape index (κ3) is 4.98. The first-order valence-electron chi connectivity index (χ1n) is 11.5. The Morgan fingerprint density at radius 1 is 1.03 bits per heavy atom. The number of nitrogen functional groups attached to an aromatic ring is 2. The SMILES string of the molecule is Cc1cc(CCC#N)cc(C)c1Oc1cc(N)c(N)c(-c2ccc(C#N)cc2)c1CNC1CC1. The van der Waals surface area contributed by atoms with Crippen LogP contribution in [0, 0.1) is 36.5 Å². The van der Waals surface area contributed by atoms with Crippen LogP contribution in [-0.4, -0.2) is 6.04 Å². The summed E-state index contributed by atoms with van der Waals surface area (Å²) in [6, 6.07) is 18.2. The van der Waals surface area contributed by atoms with Gasteiger partial charge in [-0.1, -0.05) is 24.3 Å². The first-order valence-corrected chi connectivity index (χ1v) is 11.5. The predicted molar refractivity (Wildman–Crippen MR) is 135 cm³/mol. The van der Waals surface area contributed by atoms with E-state index in [1.54, 1.807) is 18.2 Å². The minimum Gasteiger partial charge on any atom is -0.456 e. The van der Waals surface area contributed by atoms with Gasteiger partial charge in [0.05, 0.1) is 29.1 Å². The summed E-state index contributed by atoms with van der Waals surface area (Å²) >= 11 is 0. The lowest BCUT2D eigenvalue weighted by molar-refractivity contribution is 0.466. The highest BCUT2D eigenvalue weighted by atomic mass is 16.5. The number of benzene rings is 3. The molecule has 1 fully saturated rings. The van der Waals surface area contributed by atoms with Crippen molar-refractivity contribution in [3.63, 3.8) is 0 Å². The van der Waals surface area contributed by atoms with Gasteiger partial charge in [0, 0.05) is 36.2 Å². The standard InChI is InChI=1S/C28H29N5O/c1-17-12-20(4-3-11-29)13-18(2)28(17)34-25-14-24(31)27(32)26(23(25)16-33-22-9-10-22)21-7-5-19(15-30)6-8-21/h5-8,12-14,22,33H,3-4,9-10,16,31-32H2,1-2H3. The lowest BCUT2D eigenvalue weighted by atomic mass is 9.94. The fourth-order valence-electron chi connectivity index (χ4n) is 4.23. The van der Waals surface area contributed by atoms with Gasteiger partial charge >= 0.3 is 0 Å². The second-order valence-electron chi connectivity index (χ2n) is 8.89. The number of anilines is 2. The Bertz CT molecular complexity index is 1270. The molecule has 0 aromatic heterocycles. The summed E-state index contributed by atoms with van der Waals surface area (Å²) < 4.78 is 6.53. The molecule has 3 aromatic carbocycles. The van der Waals surface area contributed by atoms with Gasteiger partial charge < -0.3 is 21.5 Å². The van der Waals surface area contributed by atoms with Gasteiger partial charge in [0.2, 0.25) is 0 Å². The fourth-order valence-corrected chi connectivity index (χ4v) is 4.23. The van der Waals surface area contributed by atoms with E-state index in [1.807, 2.05) is 26.0 Å². The Kier molecular flexibility index (Phi) is 6.72. The number of aryl methyl sites for hydroxylation is 3. The molecule has 0 heterocycles. The minimum atomic E-state index is 0.450. The molecule has 5 N–H and O–H groups in total. The first-order chi connectivity index (χ1) is 16.4. The molecule has 1 aliphatic carbocycles. The van der Waals surface area contributed by atoms with Crippen LogP contribution in [0.25, 0.3) is 11.1 Å². The largest absolute Gasteiger partial charge is 0.456 e. The molecule has 34 heavy (non-hydrogen) atoms. The summed E-state index contributed by atoms with van der Waals surface area (Å²) in [7, 11) is 0. The summed E-state index contributed by atoms with van der Waals surface area (Å²) in [5, 5.41) is 21.7. The summed E-state index contributed by atoms with van der Waals surface area (Å²) in [5.41, 5.74) is 20.2. The smallest absolute Gasteiger partial charge is 0.134 e. The van der Waals surface area contributed by atoms with Gasteiger partial charge in [-0.15, -0.1) is 0 Å². The molecule has 0 atom stereocenters. The molecule has 0 bridgehead atoms. The van der Waals surface area contributed by atoms with Crippen molar-refractivity contribution in [2.24, 2.45) is 0 Å². The van der Waals surface area contributed by atoms with Crippen LogP contribution in [0.4, 0.5) is 11.4 Å². The van der Waals surface area contributed by atoms with Gasteiger partial charge in [-0.2, -0.15) is 10.5 Å². The second kappa shape index (κ2) is 9.87. The lowest BCUT2D eigenvalue weighted by Gasteiger charge is -2.22. The summed E-state index contributed by atoms with van der Waals surface area (Å²) in [4.78, 5) is 0. The molecule has 0 amide bonds. The van der Waals surface area contributed by atoms with Crippen molar-refractivity contribution in [2.75, 3.05) is 11.5 Å². The van der Waals surface area contributed by atoms with Gasteiger partial charge in [0.15, 0.2) is 0 Å². The van der Waals surface area contributed by atoms with Crippen LogP contribution in [0.15, 0.2) is 42.5 Å². The van der Waals surface area contributed by atoms with Crippen LogP contribution in [0.1, 0.15) is 47.1 Å². The lowest BCUT2D eigenvalue weighted by Crippen LogP contribution is -2.17. The maximum absolute atomic E-state index is 9.19. The van der Waals surface area contributed by atoms with E-state index in [2.05, 4.69) is 29.6 Å². The molecule has 4 rings (SSSR count). The normalized spacial score (nSPS) is 12.7. The number of ether oxygens (including phenoxy) is 1. The molecule has 1 saturated carbocycles. The van der Waals surface area contributed by atoms with Crippen molar-refractivity contribution in [1.82, 2.24) is 5.32 Å². The third-order valence-corrected chi connectivity index (χ3v) is 6.17. The van der Waals surface area contributed by atoms with E-state index in [1.165, 1.54) is 0 Å². The topological polar surface area (TPSA) is 121 Å². The van der Waals surface area contributed by atoms with Crippen LogP contribution >= 0.6 is 0 Å². The Labute approximate surface area is 200 Å². The van der Waals surface area contributed by atoms with Crippen LogP contribution in [-0.2, 0) is 13.0 Å². The molecule has 0 spiro atoms. The van der Waals surface area contributed by atoms with Crippen molar-refractivity contribution < 1.29 is 4.74 Å². The highest BCUT2D eigenvalue weighted by Gasteiger charge is 2.24. The molecule has 172 valence electrons. The molecule has 1 aliphatic rings. The monoisotopic (exact) mass is 451 g/mol. The van der Waals surface area contributed by atoms with Gasteiger partial charge in [0.25, 0.3) is 0 Å². The Morgan fingerprint density at radius 3 is 2.29 bits per heavy atom. The minimum absolute atomic E-state index is 0.450. The van der Waals surface area contributed by atoms with Crippen molar-refractivity contribution in [3.05, 3.63) is 70.3 Å². The zero-order chi connectivity index (χ0) is 24.2. The summed E-state index contributed by atoms with van der Waals surface area (Å²) in [6.07, 6.45) is 3.52. The van der Waals surface area contributed by atoms with Crippen LogP contribution in [0.2, 0.25) is 0 Å². The quantitative estimate of drug-likeness (QED) is 0.388. The number of hydrogen-bond donors (Lipinski definition) is 3. The molecule has 0 unspecified atom stereocenters. The van der Waals surface area contributed by atoms with E-state index in [0.717, 1.165) is 52.0 Å². The van der Waals surface area contributed by atoms with Crippen molar-refractivity contribution in [3.8, 4) is 34.8 Å². The number of hydrogen-bond acceptors (Lipinski definition) is 6. The Balaban J connectivity index is 1.79. The van der Waals surface area contributed by atoms with Gasteiger partial charge in [-0.25, -0.2) is 0 Å². The molecule has 3 aromatic rings. The number of nitrogens with zero attached hydrogens (tertiary/aromatic N) is 2. The van der Waals surface area contributed by atoms with Gasteiger partial charge in [-0.3, -0.25) is 0 Å². The number of nitriles is 2. The molecule has 6 heteroatoms. The van der Waals surface area contributed by atoms with Crippen molar-refractivity contribution >= 4 is 11.4 Å². The maximum atomic E-state index is 9.19. The van der Waals surface area contributed by atoms with E-state index >= 15 is 0 Å². The summed E-state index contributed by atoms with van der Waals surface area (Å²) in [5.74, 6) is 1.44. The molecule has 0 saturated heterocycles. The molecule has 6 nitrogen and oxygen atoms in total. The zero-order valence-corrected chi connectivity index (χ0v) is 19.6. The average molecular weight is 452 g/mol. The third-order valence-electron chi connectivity index (χ3n) is 6.17. The van der Waals surface area contributed by atoms with Crippen LogP contribution in [0.3, 0.4) is 0 Å². The molecular weight excluding hydrogens is 422 g/mol. The van der Waals surface area contributed by atoms with E-state index in [0.29, 0.717) is 48.1 Å². The second-order valence-corrected chi connectivity index (χ2v) is 8.89. The first kappa shape index (κ1) is 23.2. The highest BCUT2D eigenvalue weighted by Crippen LogP contribution is 2.43. The van der Waals surface area contributed by atoms with Crippen molar-refractivity contribution in [1.29, 1.82) is 10.5 Å². The zero-order valence-electron chi connectivity index (χ0n) is 19.6. The number of nitrogens with two attached hydrogens (primary N) is 2. The van der Waals surface area contributed by atoms with Crippen LogP contribution < -0.4 is 21.5 Å². The molecule has 0 aliphatic heterocycles. The number of nitrogens with one attached hydrogen (secondary N) is 1. The van der Waals surface area contributed by atoms with Crippen LogP contribution in [0.5, 0.6) is 11.5 Å². The Hall–Kier alpha value is -4.00. The van der Waals surface area contributed by atoms with Gasteiger partial charge in [0.1, 0.15) is 11.5 Å². The maximum Gasteiger partial charge on any atom is 0.134 e. The number of rotatable bonds is 8. The molecule has 0 radical (unpaired) electrons.